The van der Waals surface area contributed by atoms with Crippen molar-refractivity contribution in [3.63, 3.8) is 0 Å². The van der Waals surface area contributed by atoms with Crippen molar-refractivity contribution in [2.75, 3.05) is 0 Å². The number of fused-ring (bicyclic) bond motifs is 1. The van der Waals surface area contributed by atoms with Crippen LogP contribution in [0.15, 0.2) is 96.6 Å². The van der Waals surface area contributed by atoms with Crippen LogP contribution in [0.1, 0.15) is 22.4 Å². The predicted molar refractivity (Wildman–Crippen MR) is 159 cm³/mol. The maximum Gasteiger partial charge on any atom is 0.408 e. The van der Waals surface area contributed by atoms with Crippen LogP contribution < -0.4 is 10.7 Å². The first kappa shape index (κ1) is 27.9. The van der Waals surface area contributed by atoms with Gasteiger partial charge in [0.1, 0.15) is 12.6 Å². The van der Waals surface area contributed by atoms with Crippen LogP contribution in [0.5, 0.6) is 0 Å². The topological polar surface area (TPSA) is 113 Å². The van der Waals surface area contributed by atoms with E-state index in [1.54, 1.807) is 18.5 Å². The highest BCUT2D eigenvalue weighted by Gasteiger charge is 2.22. The molecule has 0 radical (unpaired) electrons. The van der Waals surface area contributed by atoms with E-state index in [1.165, 1.54) is 6.33 Å². The Hall–Kier alpha value is -4.60. The van der Waals surface area contributed by atoms with Gasteiger partial charge in [0.15, 0.2) is 0 Å². The van der Waals surface area contributed by atoms with Crippen molar-refractivity contribution < 1.29 is 14.3 Å². The van der Waals surface area contributed by atoms with E-state index < -0.39 is 18.0 Å². The first-order valence-electron chi connectivity index (χ1n) is 12.8. The summed E-state index contributed by atoms with van der Waals surface area (Å²) in [4.78, 5) is 32.5. The molecule has 41 heavy (non-hydrogen) atoms. The summed E-state index contributed by atoms with van der Waals surface area (Å²) in [6.07, 6.45) is 6.07. The summed E-state index contributed by atoms with van der Waals surface area (Å²) in [7, 11) is 0. The highest BCUT2D eigenvalue weighted by molar-refractivity contribution is 6.42. The summed E-state index contributed by atoms with van der Waals surface area (Å²) in [5.74, 6) is -0.507. The van der Waals surface area contributed by atoms with Crippen molar-refractivity contribution in [1.82, 2.24) is 25.3 Å². The molecule has 208 valence electrons. The van der Waals surface area contributed by atoms with Gasteiger partial charge in [0.05, 0.1) is 22.6 Å². The van der Waals surface area contributed by atoms with Crippen molar-refractivity contribution in [1.29, 1.82) is 0 Å². The van der Waals surface area contributed by atoms with Gasteiger partial charge in [-0.2, -0.15) is 5.10 Å². The first-order valence-corrected chi connectivity index (χ1v) is 13.5. The van der Waals surface area contributed by atoms with E-state index in [0.29, 0.717) is 22.3 Å². The number of aromatic nitrogens is 3. The Labute approximate surface area is 246 Å². The lowest BCUT2D eigenvalue weighted by atomic mass is 10.1. The molecule has 0 saturated heterocycles. The standard InChI is InChI=1S/C30H26Cl2N6O3/c31-25-11-10-21(12-26(25)32)16-38-17-22(24-8-4-5-9-28(24)38)14-35-37-29(39)27(13-23-15-33-19-34-23)36-30(40)41-18-20-6-2-1-3-7-20/h1-12,14-15,17,19,27H,13,16,18H2,(H,33,34)(H,36,40)(H,37,39)/b35-14-/t27-/m0/s1. The van der Waals surface area contributed by atoms with Gasteiger partial charge >= 0.3 is 6.09 Å². The fourth-order valence-corrected chi connectivity index (χ4v) is 4.64. The monoisotopic (exact) mass is 588 g/mol. The van der Waals surface area contributed by atoms with Crippen LogP contribution in [0.2, 0.25) is 10.0 Å². The van der Waals surface area contributed by atoms with Crippen LogP contribution >= 0.6 is 23.2 Å². The number of H-pyrrole nitrogens is 1. The van der Waals surface area contributed by atoms with Crippen LogP contribution in [0.4, 0.5) is 4.79 Å². The maximum absolute atomic E-state index is 13.1. The number of hydrogen-bond acceptors (Lipinski definition) is 5. The lowest BCUT2D eigenvalue weighted by molar-refractivity contribution is -0.123. The Kier molecular flexibility index (Phi) is 8.98. The number of benzene rings is 3. The largest absolute Gasteiger partial charge is 0.445 e. The number of carbonyl (C=O) groups is 2. The summed E-state index contributed by atoms with van der Waals surface area (Å²) >= 11 is 12.3. The van der Waals surface area contributed by atoms with E-state index in [0.717, 1.165) is 27.6 Å². The van der Waals surface area contributed by atoms with Crippen molar-refractivity contribution in [2.45, 2.75) is 25.6 Å². The molecule has 2 heterocycles. The number of carbonyl (C=O) groups excluding carboxylic acids is 2. The lowest BCUT2D eigenvalue weighted by Gasteiger charge is -2.16. The van der Waals surface area contributed by atoms with E-state index in [9.17, 15) is 9.59 Å². The third-order valence-electron chi connectivity index (χ3n) is 6.33. The third kappa shape index (κ3) is 7.33. The first-order chi connectivity index (χ1) is 20.0. The fourth-order valence-electron chi connectivity index (χ4n) is 4.32. The lowest BCUT2D eigenvalue weighted by Crippen LogP contribution is -2.47. The zero-order chi connectivity index (χ0) is 28.6. The minimum absolute atomic E-state index is 0.0789. The number of para-hydroxylation sites is 1. The number of nitrogens with one attached hydrogen (secondary N) is 3. The molecule has 0 saturated carbocycles. The van der Waals surface area contributed by atoms with E-state index >= 15 is 0 Å². The molecule has 0 fully saturated rings. The van der Waals surface area contributed by atoms with Crippen molar-refractivity contribution in [2.24, 2.45) is 5.10 Å². The zero-order valence-corrected chi connectivity index (χ0v) is 23.3. The number of nitrogens with zero attached hydrogens (tertiary/aromatic N) is 3. The molecule has 0 bridgehead atoms. The molecular formula is C30H26Cl2N6O3. The molecule has 0 aliphatic carbocycles. The molecule has 1 atom stereocenters. The van der Waals surface area contributed by atoms with Gasteiger partial charge in [0.2, 0.25) is 0 Å². The molecule has 5 aromatic rings. The maximum atomic E-state index is 13.1. The summed E-state index contributed by atoms with van der Waals surface area (Å²) in [5.41, 5.74) is 6.84. The summed E-state index contributed by atoms with van der Waals surface area (Å²) in [6.45, 7) is 0.647. The van der Waals surface area contributed by atoms with Gasteiger partial charge in [-0.25, -0.2) is 15.2 Å². The molecule has 9 nitrogen and oxygen atoms in total. The Bertz CT molecular complexity index is 1670. The smallest absolute Gasteiger partial charge is 0.408 e. The molecule has 11 heteroatoms. The molecule has 2 amide bonds. The fraction of sp³-hybridized carbons (Fsp3) is 0.133. The SMILES string of the molecule is O=C(N[C@@H](Cc1cnc[nH]1)C(=O)N/N=C\c1cn(Cc2ccc(Cl)c(Cl)c2)c2ccccc12)OCc1ccccc1. The molecule has 3 N–H and O–H groups in total. The molecule has 3 aromatic carbocycles. The van der Waals surface area contributed by atoms with Crippen molar-refractivity contribution in [3.8, 4) is 0 Å². The second-order valence-electron chi connectivity index (χ2n) is 9.25. The van der Waals surface area contributed by atoms with Crippen molar-refractivity contribution >= 4 is 52.3 Å². The van der Waals surface area contributed by atoms with Gasteiger partial charge in [0, 0.05) is 47.5 Å². The molecule has 2 aromatic heterocycles. The van der Waals surface area contributed by atoms with Crippen LogP contribution in [-0.2, 0) is 29.1 Å². The van der Waals surface area contributed by atoms with Crippen LogP contribution in [0, 0.1) is 0 Å². The van der Waals surface area contributed by atoms with Gasteiger partial charge < -0.3 is 19.6 Å². The minimum Gasteiger partial charge on any atom is -0.445 e. The van der Waals surface area contributed by atoms with E-state index in [1.807, 2.05) is 72.9 Å². The minimum atomic E-state index is -0.952. The number of hydrogen-bond donors (Lipinski definition) is 3. The average molecular weight is 589 g/mol. The Morgan fingerprint density at radius 3 is 2.61 bits per heavy atom. The average Bonchev–Trinajstić information content (AvgIpc) is 3.62. The number of halogens is 2. The number of alkyl carbamates (subject to hydrolysis) is 1. The Balaban J connectivity index is 1.27. The van der Waals surface area contributed by atoms with E-state index in [4.69, 9.17) is 27.9 Å². The van der Waals surface area contributed by atoms with Crippen LogP contribution in [-0.4, -0.2) is 38.8 Å². The number of ether oxygens (including phenoxy) is 1. The van der Waals surface area contributed by atoms with E-state index in [2.05, 4.69) is 30.4 Å². The quantitative estimate of drug-likeness (QED) is 0.143. The molecule has 0 unspecified atom stereocenters. The van der Waals surface area contributed by atoms with Crippen LogP contribution in [0.3, 0.4) is 0 Å². The molecule has 0 spiro atoms. The van der Waals surface area contributed by atoms with Gasteiger partial charge in [-0.15, -0.1) is 0 Å². The van der Waals surface area contributed by atoms with Crippen molar-refractivity contribution in [3.05, 3.63) is 124 Å². The number of hydrazone groups is 1. The highest BCUT2D eigenvalue weighted by atomic mass is 35.5. The number of aromatic amines is 1. The number of amides is 2. The second-order valence-corrected chi connectivity index (χ2v) is 10.1. The summed E-state index contributed by atoms with van der Waals surface area (Å²) in [5, 5.41) is 8.77. The van der Waals surface area contributed by atoms with E-state index in [-0.39, 0.29) is 13.0 Å². The highest BCUT2D eigenvalue weighted by Crippen LogP contribution is 2.25. The summed E-state index contributed by atoms with van der Waals surface area (Å²) in [6, 6.07) is 21.7. The molecule has 0 aliphatic rings. The van der Waals surface area contributed by atoms with Gasteiger partial charge in [-0.1, -0.05) is 77.8 Å². The van der Waals surface area contributed by atoms with Crippen LogP contribution in [0.25, 0.3) is 10.9 Å². The Morgan fingerprint density at radius 2 is 1.83 bits per heavy atom. The van der Waals surface area contributed by atoms with Gasteiger partial charge in [-0.05, 0) is 29.3 Å². The number of imidazole rings is 1. The van der Waals surface area contributed by atoms with Gasteiger partial charge in [-0.3, -0.25) is 4.79 Å². The zero-order valence-electron chi connectivity index (χ0n) is 21.8. The second kappa shape index (κ2) is 13.2. The molecular weight excluding hydrogens is 563 g/mol. The summed E-state index contributed by atoms with van der Waals surface area (Å²) < 4.78 is 7.38. The predicted octanol–water partition coefficient (Wildman–Crippen LogP) is 5.71. The number of rotatable bonds is 10. The normalized spacial score (nSPS) is 12.0. The third-order valence-corrected chi connectivity index (χ3v) is 7.07. The van der Waals surface area contributed by atoms with Gasteiger partial charge in [0.25, 0.3) is 5.91 Å². The Morgan fingerprint density at radius 1 is 1.02 bits per heavy atom. The molecule has 0 aliphatic heterocycles. The molecule has 5 rings (SSSR count).